The van der Waals surface area contributed by atoms with Gasteiger partial charge in [0.25, 0.3) is 0 Å². The highest BCUT2D eigenvalue weighted by Gasteiger charge is 2.45. The number of carbonyl (C=O) groups excluding carboxylic acids is 2. The van der Waals surface area contributed by atoms with Crippen LogP contribution in [0.15, 0.2) is 30.3 Å². The lowest BCUT2D eigenvalue weighted by Crippen LogP contribution is -2.48. The van der Waals surface area contributed by atoms with Gasteiger partial charge in [-0.15, -0.1) is 0 Å². The SMILES string of the molecule is NCC1CCCCC1N1C(=O)CC(c2ccccc2)C1=O. The van der Waals surface area contributed by atoms with Gasteiger partial charge in [0.05, 0.1) is 5.92 Å². The highest BCUT2D eigenvalue weighted by atomic mass is 16.2. The van der Waals surface area contributed by atoms with Gasteiger partial charge in [-0.2, -0.15) is 0 Å². The molecular formula is C17H22N2O2. The van der Waals surface area contributed by atoms with Gasteiger partial charge in [0.2, 0.25) is 11.8 Å². The summed E-state index contributed by atoms with van der Waals surface area (Å²) in [7, 11) is 0. The first-order valence-corrected chi connectivity index (χ1v) is 7.83. The molecule has 1 heterocycles. The van der Waals surface area contributed by atoms with E-state index in [-0.39, 0.29) is 29.7 Å². The molecule has 2 amide bonds. The third kappa shape index (κ3) is 2.60. The first kappa shape index (κ1) is 14.3. The second-order valence-electron chi connectivity index (χ2n) is 6.12. The first-order valence-electron chi connectivity index (χ1n) is 7.83. The van der Waals surface area contributed by atoms with Gasteiger partial charge >= 0.3 is 0 Å². The fraction of sp³-hybridized carbons (Fsp3) is 0.529. The molecule has 112 valence electrons. The Morgan fingerprint density at radius 3 is 2.52 bits per heavy atom. The van der Waals surface area contributed by atoms with Crippen molar-refractivity contribution in [2.24, 2.45) is 11.7 Å². The summed E-state index contributed by atoms with van der Waals surface area (Å²) in [6.07, 6.45) is 4.46. The minimum Gasteiger partial charge on any atom is -0.330 e. The normalized spacial score (nSPS) is 30.0. The molecule has 2 fully saturated rings. The maximum atomic E-state index is 12.7. The zero-order chi connectivity index (χ0) is 14.8. The van der Waals surface area contributed by atoms with E-state index in [9.17, 15) is 9.59 Å². The molecule has 3 rings (SSSR count). The van der Waals surface area contributed by atoms with E-state index in [2.05, 4.69) is 0 Å². The first-order chi connectivity index (χ1) is 10.2. The predicted molar refractivity (Wildman–Crippen MR) is 80.5 cm³/mol. The lowest BCUT2D eigenvalue weighted by atomic mass is 9.83. The Hall–Kier alpha value is -1.68. The van der Waals surface area contributed by atoms with E-state index in [1.54, 1.807) is 0 Å². The number of hydrogen-bond acceptors (Lipinski definition) is 3. The number of carbonyl (C=O) groups is 2. The minimum atomic E-state index is -0.306. The lowest BCUT2D eigenvalue weighted by Gasteiger charge is -2.36. The average Bonchev–Trinajstić information content (AvgIpc) is 2.83. The molecule has 1 saturated heterocycles. The Balaban J connectivity index is 1.83. The van der Waals surface area contributed by atoms with Crippen molar-refractivity contribution >= 4 is 11.8 Å². The molecule has 0 aromatic heterocycles. The van der Waals surface area contributed by atoms with Crippen molar-refractivity contribution in [3.8, 4) is 0 Å². The Labute approximate surface area is 125 Å². The van der Waals surface area contributed by atoms with Crippen LogP contribution in [0.4, 0.5) is 0 Å². The van der Waals surface area contributed by atoms with Gasteiger partial charge in [0.1, 0.15) is 0 Å². The second kappa shape index (κ2) is 5.98. The molecule has 21 heavy (non-hydrogen) atoms. The molecule has 4 heteroatoms. The lowest BCUT2D eigenvalue weighted by molar-refractivity contribution is -0.143. The predicted octanol–water partition coefficient (Wildman–Crippen LogP) is 2.05. The van der Waals surface area contributed by atoms with E-state index in [1.807, 2.05) is 30.3 Å². The molecule has 1 aromatic carbocycles. The summed E-state index contributed by atoms with van der Waals surface area (Å²) >= 11 is 0. The van der Waals surface area contributed by atoms with Gasteiger partial charge in [-0.25, -0.2) is 0 Å². The van der Waals surface area contributed by atoms with Crippen LogP contribution in [0.25, 0.3) is 0 Å². The fourth-order valence-electron chi connectivity index (χ4n) is 3.75. The van der Waals surface area contributed by atoms with E-state index < -0.39 is 0 Å². The molecule has 2 N–H and O–H groups in total. The number of nitrogens with two attached hydrogens (primary N) is 1. The molecule has 4 nitrogen and oxygen atoms in total. The summed E-state index contributed by atoms with van der Waals surface area (Å²) in [5, 5.41) is 0. The Morgan fingerprint density at radius 2 is 1.81 bits per heavy atom. The second-order valence-corrected chi connectivity index (χ2v) is 6.12. The largest absolute Gasteiger partial charge is 0.330 e. The van der Waals surface area contributed by atoms with Crippen LogP contribution in [0.1, 0.15) is 43.6 Å². The van der Waals surface area contributed by atoms with Gasteiger partial charge in [-0.3, -0.25) is 14.5 Å². The number of nitrogens with zero attached hydrogens (tertiary/aromatic N) is 1. The van der Waals surface area contributed by atoms with Crippen LogP contribution in [0.2, 0.25) is 0 Å². The van der Waals surface area contributed by atoms with Gasteiger partial charge in [0.15, 0.2) is 0 Å². The zero-order valence-corrected chi connectivity index (χ0v) is 12.2. The maximum absolute atomic E-state index is 12.7. The Bertz CT molecular complexity index is 529. The zero-order valence-electron chi connectivity index (χ0n) is 12.2. The molecular weight excluding hydrogens is 264 g/mol. The van der Waals surface area contributed by atoms with Crippen molar-refractivity contribution in [2.75, 3.05) is 6.54 Å². The summed E-state index contributed by atoms with van der Waals surface area (Å²) in [6.45, 7) is 0.553. The maximum Gasteiger partial charge on any atom is 0.237 e. The Kier molecular flexibility index (Phi) is 4.06. The molecule has 0 bridgehead atoms. The minimum absolute atomic E-state index is 0.0115. The monoisotopic (exact) mass is 286 g/mol. The number of likely N-dealkylation sites (tertiary alicyclic amines) is 1. The van der Waals surface area contributed by atoms with E-state index in [1.165, 1.54) is 4.90 Å². The summed E-state index contributed by atoms with van der Waals surface area (Å²) in [4.78, 5) is 26.7. The third-order valence-corrected chi connectivity index (χ3v) is 4.89. The topological polar surface area (TPSA) is 63.4 Å². The fourth-order valence-corrected chi connectivity index (χ4v) is 3.75. The molecule has 1 aliphatic heterocycles. The number of rotatable bonds is 3. The van der Waals surface area contributed by atoms with E-state index in [0.29, 0.717) is 13.0 Å². The third-order valence-electron chi connectivity index (χ3n) is 4.89. The average molecular weight is 286 g/mol. The van der Waals surface area contributed by atoms with Crippen LogP contribution >= 0.6 is 0 Å². The summed E-state index contributed by atoms with van der Waals surface area (Å²) in [5.41, 5.74) is 6.79. The van der Waals surface area contributed by atoms with Crippen molar-refractivity contribution in [2.45, 2.75) is 44.1 Å². The van der Waals surface area contributed by atoms with E-state index >= 15 is 0 Å². The van der Waals surface area contributed by atoms with Crippen LogP contribution in [-0.4, -0.2) is 29.3 Å². The van der Waals surface area contributed by atoms with Crippen molar-refractivity contribution in [1.82, 2.24) is 4.90 Å². The van der Waals surface area contributed by atoms with E-state index in [4.69, 9.17) is 5.73 Å². The van der Waals surface area contributed by atoms with Crippen LogP contribution in [-0.2, 0) is 9.59 Å². The van der Waals surface area contributed by atoms with Crippen molar-refractivity contribution in [1.29, 1.82) is 0 Å². The number of hydrogen-bond donors (Lipinski definition) is 1. The van der Waals surface area contributed by atoms with Crippen molar-refractivity contribution in [3.05, 3.63) is 35.9 Å². The molecule has 0 spiro atoms. The summed E-state index contributed by atoms with van der Waals surface area (Å²) < 4.78 is 0. The number of imide groups is 1. The van der Waals surface area contributed by atoms with Gasteiger partial charge in [-0.05, 0) is 30.9 Å². The molecule has 1 saturated carbocycles. The van der Waals surface area contributed by atoms with Gasteiger partial charge in [-0.1, -0.05) is 43.2 Å². The van der Waals surface area contributed by atoms with Crippen LogP contribution in [0.5, 0.6) is 0 Å². The van der Waals surface area contributed by atoms with Crippen LogP contribution in [0, 0.1) is 5.92 Å². The molecule has 1 aliphatic carbocycles. The molecule has 0 radical (unpaired) electrons. The highest BCUT2D eigenvalue weighted by molar-refractivity contribution is 6.06. The molecule has 3 unspecified atom stereocenters. The molecule has 2 aliphatic rings. The Morgan fingerprint density at radius 1 is 1.10 bits per heavy atom. The summed E-state index contributed by atoms with van der Waals surface area (Å²) in [5.74, 6) is -0.101. The highest BCUT2D eigenvalue weighted by Crippen LogP contribution is 2.36. The standard InChI is InChI=1S/C17H22N2O2/c18-11-13-8-4-5-9-15(13)19-16(20)10-14(17(19)21)12-6-2-1-3-7-12/h1-3,6-7,13-15H,4-5,8-11,18H2. The van der Waals surface area contributed by atoms with Gasteiger partial charge in [0, 0.05) is 12.5 Å². The van der Waals surface area contributed by atoms with Crippen LogP contribution < -0.4 is 5.73 Å². The smallest absolute Gasteiger partial charge is 0.237 e. The molecule has 3 atom stereocenters. The van der Waals surface area contributed by atoms with E-state index in [0.717, 1.165) is 31.2 Å². The van der Waals surface area contributed by atoms with Crippen molar-refractivity contribution in [3.63, 3.8) is 0 Å². The quantitative estimate of drug-likeness (QED) is 0.865. The number of benzene rings is 1. The van der Waals surface area contributed by atoms with Crippen LogP contribution in [0.3, 0.4) is 0 Å². The number of amides is 2. The van der Waals surface area contributed by atoms with Crippen molar-refractivity contribution < 1.29 is 9.59 Å². The van der Waals surface area contributed by atoms with Gasteiger partial charge < -0.3 is 5.73 Å². The summed E-state index contributed by atoms with van der Waals surface area (Å²) in [6, 6.07) is 9.63. The molecule has 1 aromatic rings.